The number of carbonyl (C=O) groups is 1. The van der Waals surface area contributed by atoms with Crippen LogP contribution in [0.25, 0.3) is 11.0 Å². The number of hydrogen-bond acceptors (Lipinski definition) is 3. The zero-order chi connectivity index (χ0) is 19.1. The van der Waals surface area contributed by atoms with Gasteiger partial charge in [-0.1, -0.05) is 36.4 Å². The summed E-state index contributed by atoms with van der Waals surface area (Å²) in [5.41, 5.74) is 3.18. The fraction of sp³-hybridized carbons (Fsp3) is 0.273. The fourth-order valence-electron chi connectivity index (χ4n) is 3.13. The molecule has 5 nitrogen and oxygen atoms in total. The molecule has 1 amide bonds. The predicted octanol–water partition coefficient (Wildman–Crippen LogP) is 3.52. The lowest BCUT2D eigenvalue weighted by Crippen LogP contribution is -2.24. The Hall–Kier alpha value is -3.08. The molecule has 5 heteroatoms. The Kier molecular flexibility index (Phi) is 6.26. The van der Waals surface area contributed by atoms with Gasteiger partial charge in [0.1, 0.15) is 18.2 Å². The molecule has 0 spiro atoms. The van der Waals surface area contributed by atoms with Crippen molar-refractivity contribution in [2.45, 2.75) is 26.3 Å². The minimum Gasteiger partial charge on any atom is -0.491 e. The number of fused-ring (bicyclic) bond motifs is 1. The van der Waals surface area contributed by atoms with E-state index in [1.54, 1.807) is 0 Å². The topological polar surface area (TPSA) is 56.1 Å². The Morgan fingerprint density at radius 2 is 2.00 bits per heavy atom. The molecule has 0 aliphatic heterocycles. The maximum Gasteiger partial charge on any atom is 0.216 e. The van der Waals surface area contributed by atoms with E-state index in [9.17, 15) is 4.79 Å². The second-order valence-corrected chi connectivity index (χ2v) is 6.35. The number of nitrogens with one attached hydrogen (secondary N) is 1. The normalized spacial score (nSPS) is 10.7. The summed E-state index contributed by atoms with van der Waals surface area (Å²) >= 11 is 0. The minimum atomic E-state index is -0.0279. The van der Waals surface area contributed by atoms with Crippen molar-refractivity contribution in [2.75, 3.05) is 13.2 Å². The van der Waals surface area contributed by atoms with Gasteiger partial charge in [0, 0.05) is 19.9 Å². The van der Waals surface area contributed by atoms with Crippen LogP contribution >= 0.6 is 0 Å². The quantitative estimate of drug-likeness (QED) is 0.592. The van der Waals surface area contributed by atoms with Gasteiger partial charge in [0.2, 0.25) is 5.91 Å². The van der Waals surface area contributed by atoms with E-state index in [0.29, 0.717) is 26.1 Å². The van der Waals surface area contributed by atoms with Crippen molar-refractivity contribution in [1.29, 1.82) is 0 Å². The van der Waals surface area contributed by atoms with E-state index in [2.05, 4.69) is 28.6 Å². The Morgan fingerprint density at radius 3 is 2.81 bits per heavy atom. The number of amides is 1. The molecule has 0 saturated heterocycles. The average molecular weight is 363 g/mol. The highest BCUT2D eigenvalue weighted by Crippen LogP contribution is 2.20. The molecule has 140 valence electrons. The monoisotopic (exact) mass is 363 g/mol. The zero-order valence-corrected chi connectivity index (χ0v) is 15.6. The highest BCUT2D eigenvalue weighted by molar-refractivity contribution is 5.76. The van der Waals surface area contributed by atoms with Crippen molar-refractivity contribution in [3.63, 3.8) is 0 Å². The van der Waals surface area contributed by atoms with Crippen molar-refractivity contribution >= 4 is 16.9 Å². The van der Waals surface area contributed by atoms with Gasteiger partial charge < -0.3 is 14.6 Å². The molecule has 0 unspecified atom stereocenters. The van der Waals surface area contributed by atoms with Crippen molar-refractivity contribution in [3.8, 4) is 5.75 Å². The predicted molar refractivity (Wildman–Crippen MR) is 108 cm³/mol. The van der Waals surface area contributed by atoms with Crippen LogP contribution < -0.4 is 10.1 Å². The van der Waals surface area contributed by atoms with Crippen LogP contribution in [0, 0.1) is 0 Å². The minimum absolute atomic E-state index is 0.0279. The number of imidazole rings is 1. The van der Waals surface area contributed by atoms with Gasteiger partial charge in [-0.05, 0) is 30.2 Å². The molecule has 27 heavy (non-hydrogen) atoms. The third-order valence-electron chi connectivity index (χ3n) is 4.37. The maximum atomic E-state index is 11.1. The SMILES string of the molecule is C=CCc1ccccc1OCCn1c(CCNC(C)=O)nc2ccccc21. The molecule has 3 rings (SSSR count). The van der Waals surface area contributed by atoms with Crippen molar-refractivity contribution in [1.82, 2.24) is 14.9 Å². The number of ether oxygens (including phenoxy) is 1. The smallest absolute Gasteiger partial charge is 0.216 e. The van der Waals surface area contributed by atoms with Crippen LogP contribution in [-0.2, 0) is 24.2 Å². The number of carbonyl (C=O) groups excluding carboxylic acids is 1. The molecule has 1 heterocycles. The first-order valence-electron chi connectivity index (χ1n) is 9.19. The number of aromatic nitrogens is 2. The number of allylic oxidation sites excluding steroid dienone is 1. The maximum absolute atomic E-state index is 11.1. The molecule has 0 atom stereocenters. The first kappa shape index (κ1) is 18.7. The Balaban J connectivity index is 1.73. The lowest BCUT2D eigenvalue weighted by molar-refractivity contribution is -0.118. The molecular weight excluding hydrogens is 338 g/mol. The summed E-state index contributed by atoms with van der Waals surface area (Å²) in [4.78, 5) is 15.9. The van der Waals surface area contributed by atoms with E-state index < -0.39 is 0 Å². The van der Waals surface area contributed by atoms with E-state index in [1.807, 2.05) is 42.5 Å². The lowest BCUT2D eigenvalue weighted by Gasteiger charge is -2.13. The highest BCUT2D eigenvalue weighted by Gasteiger charge is 2.11. The number of rotatable bonds is 9. The number of para-hydroxylation sites is 3. The Labute approximate surface area is 159 Å². The molecule has 0 radical (unpaired) electrons. The molecule has 0 bridgehead atoms. The Bertz CT molecular complexity index is 930. The second-order valence-electron chi connectivity index (χ2n) is 6.35. The summed E-state index contributed by atoms with van der Waals surface area (Å²) in [5.74, 6) is 1.81. The molecule has 0 aliphatic rings. The third-order valence-corrected chi connectivity index (χ3v) is 4.37. The summed E-state index contributed by atoms with van der Waals surface area (Å²) in [6.45, 7) is 7.14. The van der Waals surface area contributed by atoms with Gasteiger partial charge in [-0.25, -0.2) is 4.98 Å². The average Bonchev–Trinajstić information content (AvgIpc) is 3.01. The van der Waals surface area contributed by atoms with E-state index in [1.165, 1.54) is 6.92 Å². The number of benzene rings is 2. The van der Waals surface area contributed by atoms with Gasteiger partial charge in [-0.15, -0.1) is 6.58 Å². The summed E-state index contributed by atoms with van der Waals surface area (Å²) in [6, 6.07) is 16.1. The molecule has 3 aromatic rings. The second kappa shape index (κ2) is 9.03. The number of hydrogen-bond donors (Lipinski definition) is 1. The lowest BCUT2D eigenvalue weighted by atomic mass is 10.1. The zero-order valence-electron chi connectivity index (χ0n) is 15.6. The summed E-state index contributed by atoms with van der Waals surface area (Å²) < 4.78 is 8.22. The first-order chi connectivity index (χ1) is 13.2. The molecule has 0 aliphatic carbocycles. The molecule has 1 aromatic heterocycles. The summed E-state index contributed by atoms with van der Waals surface area (Å²) in [5, 5.41) is 2.84. The van der Waals surface area contributed by atoms with Crippen LogP contribution in [0.1, 0.15) is 18.3 Å². The van der Waals surface area contributed by atoms with E-state index >= 15 is 0 Å². The Morgan fingerprint density at radius 1 is 1.22 bits per heavy atom. The highest BCUT2D eigenvalue weighted by atomic mass is 16.5. The number of nitrogens with zero attached hydrogens (tertiary/aromatic N) is 2. The van der Waals surface area contributed by atoms with Crippen LogP contribution in [0.15, 0.2) is 61.2 Å². The van der Waals surface area contributed by atoms with Crippen LogP contribution in [0.4, 0.5) is 0 Å². The van der Waals surface area contributed by atoms with E-state index in [4.69, 9.17) is 9.72 Å². The molecular formula is C22H25N3O2. The van der Waals surface area contributed by atoms with Crippen molar-refractivity contribution < 1.29 is 9.53 Å². The molecule has 0 fully saturated rings. The third kappa shape index (κ3) is 4.76. The van der Waals surface area contributed by atoms with E-state index in [-0.39, 0.29) is 5.91 Å². The molecule has 1 N–H and O–H groups in total. The summed E-state index contributed by atoms with van der Waals surface area (Å²) in [6.07, 6.45) is 3.35. The van der Waals surface area contributed by atoms with Gasteiger partial charge in [0.15, 0.2) is 0 Å². The van der Waals surface area contributed by atoms with Gasteiger partial charge >= 0.3 is 0 Å². The van der Waals surface area contributed by atoms with Gasteiger partial charge in [0.25, 0.3) is 0 Å². The van der Waals surface area contributed by atoms with Crippen LogP contribution in [-0.4, -0.2) is 28.6 Å². The van der Waals surface area contributed by atoms with Crippen LogP contribution in [0.2, 0.25) is 0 Å². The first-order valence-corrected chi connectivity index (χ1v) is 9.19. The largest absolute Gasteiger partial charge is 0.491 e. The van der Waals surface area contributed by atoms with Crippen molar-refractivity contribution in [3.05, 3.63) is 72.6 Å². The van der Waals surface area contributed by atoms with Crippen LogP contribution in [0.3, 0.4) is 0 Å². The fourth-order valence-corrected chi connectivity index (χ4v) is 3.13. The molecule has 2 aromatic carbocycles. The standard InChI is InChI=1S/C22H25N3O2/c1-3-8-18-9-4-7-12-21(18)27-16-15-25-20-11-6-5-10-19(20)24-22(25)13-14-23-17(2)26/h3-7,9-12H,1,8,13-16H2,2H3,(H,23,26). The van der Waals surface area contributed by atoms with E-state index in [0.717, 1.165) is 34.6 Å². The van der Waals surface area contributed by atoms with Gasteiger partial charge in [-0.2, -0.15) is 0 Å². The molecule has 0 saturated carbocycles. The van der Waals surface area contributed by atoms with Crippen LogP contribution in [0.5, 0.6) is 5.75 Å². The van der Waals surface area contributed by atoms with Crippen molar-refractivity contribution in [2.24, 2.45) is 0 Å². The summed E-state index contributed by atoms with van der Waals surface area (Å²) in [7, 11) is 0. The van der Waals surface area contributed by atoms with Gasteiger partial charge in [-0.3, -0.25) is 4.79 Å². The van der Waals surface area contributed by atoms with Gasteiger partial charge in [0.05, 0.1) is 17.6 Å².